The quantitative estimate of drug-likeness (QED) is 0.0222. The van der Waals surface area contributed by atoms with Crippen LogP contribution in [0.2, 0.25) is 0 Å². The van der Waals surface area contributed by atoms with Gasteiger partial charge in [-0.1, -0.05) is 402 Å². The van der Waals surface area contributed by atoms with Gasteiger partial charge in [0.1, 0.15) is 19.3 Å². The maximum atomic E-state index is 13.2. The Morgan fingerprint density at radius 2 is 0.453 bits per heavy atom. The highest BCUT2D eigenvalue weighted by Crippen LogP contribution is 2.45. The van der Waals surface area contributed by atoms with Crippen molar-refractivity contribution in [2.24, 2.45) is 23.7 Å². The van der Waals surface area contributed by atoms with Gasteiger partial charge in [-0.05, 0) is 49.4 Å². The topological polar surface area (TPSA) is 237 Å². The fourth-order valence-electron chi connectivity index (χ4n) is 13.5. The van der Waals surface area contributed by atoms with Crippen molar-refractivity contribution in [1.82, 2.24) is 0 Å². The molecule has 0 aliphatic heterocycles. The van der Waals surface area contributed by atoms with Crippen LogP contribution in [0.4, 0.5) is 0 Å². The Hall–Kier alpha value is -1.94. The summed E-state index contributed by atoms with van der Waals surface area (Å²) in [6, 6.07) is 0. The zero-order valence-corrected chi connectivity index (χ0v) is 71.9. The molecule has 19 heteroatoms. The molecule has 0 heterocycles. The maximum absolute atomic E-state index is 13.2. The lowest BCUT2D eigenvalue weighted by molar-refractivity contribution is -0.161. The molecule has 17 nitrogen and oxygen atoms in total. The van der Waals surface area contributed by atoms with E-state index in [1.54, 1.807) is 0 Å². The molecule has 106 heavy (non-hydrogen) atoms. The number of carbonyl (C=O) groups is 4. The monoisotopic (exact) mass is 1550 g/mol. The Morgan fingerprint density at radius 1 is 0.264 bits per heavy atom. The molecule has 0 aromatic heterocycles. The standard InChI is InChI=1S/C87H170O17P2/c1-9-80(8)66-58-50-42-34-26-20-15-17-21-27-35-43-51-59-67-84(89)97-73-82(103-86(91)69-61-53-45-36-28-22-13-11-10-12-18-24-31-39-47-55-63-77(2)3)75-101-105(93,94)99-71-81(88)72-100-106(95,96)102-76-83(74-98-85(90)68-60-52-44-38-30-33-41-49-57-65-79(6)7)104-87(92)70-62-54-46-37-29-23-16-14-19-25-32-40-48-56-64-78(4)5/h77-83,88H,9-76H2,1-8H3,(H,93,94)(H,95,96)/t80?,81-,82-,83-/m1/s1. The Morgan fingerprint density at radius 3 is 0.670 bits per heavy atom. The van der Waals surface area contributed by atoms with E-state index >= 15 is 0 Å². The number of ether oxygens (including phenoxy) is 4. The number of carbonyl (C=O) groups excluding carboxylic acids is 4. The summed E-state index contributed by atoms with van der Waals surface area (Å²) in [5.74, 6) is 1.09. The van der Waals surface area contributed by atoms with Crippen LogP contribution in [-0.2, 0) is 65.4 Å². The van der Waals surface area contributed by atoms with Crippen LogP contribution in [0.5, 0.6) is 0 Å². The van der Waals surface area contributed by atoms with Crippen molar-refractivity contribution in [3.8, 4) is 0 Å². The second-order valence-corrected chi connectivity index (χ2v) is 35.9. The smallest absolute Gasteiger partial charge is 0.462 e. The van der Waals surface area contributed by atoms with Crippen molar-refractivity contribution in [3.05, 3.63) is 0 Å². The molecule has 0 saturated carbocycles. The first kappa shape index (κ1) is 104. The predicted octanol–water partition coefficient (Wildman–Crippen LogP) is 26.3. The normalized spacial score (nSPS) is 14.2. The average Bonchev–Trinajstić information content (AvgIpc) is 0.900. The summed E-state index contributed by atoms with van der Waals surface area (Å²) in [6.07, 6.45) is 65.1. The van der Waals surface area contributed by atoms with E-state index in [9.17, 15) is 43.2 Å². The van der Waals surface area contributed by atoms with Crippen molar-refractivity contribution >= 4 is 39.5 Å². The van der Waals surface area contributed by atoms with Gasteiger partial charge in [-0.2, -0.15) is 0 Å². The lowest BCUT2D eigenvalue weighted by Gasteiger charge is -2.21. The van der Waals surface area contributed by atoms with Crippen molar-refractivity contribution in [3.63, 3.8) is 0 Å². The van der Waals surface area contributed by atoms with Gasteiger partial charge in [-0.3, -0.25) is 37.3 Å². The number of aliphatic hydroxyl groups is 1. The number of unbranched alkanes of at least 4 members (excludes halogenated alkanes) is 49. The molecule has 6 atom stereocenters. The molecule has 0 aliphatic rings. The van der Waals surface area contributed by atoms with Crippen molar-refractivity contribution in [2.75, 3.05) is 39.6 Å². The zero-order chi connectivity index (χ0) is 78.1. The van der Waals surface area contributed by atoms with E-state index < -0.39 is 97.5 Å². The van der Waals surface area contributed by atoms with E-state index in [-0.39, 0.29) is 25.7 Å². The number of rotatable bonds is 84. The number of hydrogen-bond acceptors (Lipinski definition) is 15. The molecule has 0 saturated heterocycles. The molecule has 3 unspecified atom stereocenters. The first-order valence-corrected chi connectivity index (χ1v) is 47.7. The van der Waals surface area contributed by atoms with Gasteiger partial charge in [0.15, 0.2) is 12.2 Å². The third-order valence-corrected chi connectivity index (χ3v) is 22.6. The van der Waals surface area contributed by atoms with Gasteiger partial charge >= 0.3 is 39.5 Å². The molecular formula is C87H170O17P2. The fraction of sp³-hybridized carbons (Fsp3) is 0.954. The van der Waals surface area contributed by atoms with Crippen LogP contribution in [0.3, 0.4) is 0 Å². The van der Waals surface area contributed by atoms with Gasteiger partial charge < -0.3 is 33.8 Å². The highest BCUT2D eigenvalue weighted by molar-refractivity contribution is 7.47. The summed E-state index contributed by atoms with van der Waals surface area (Å²) in [4.78, 5) is 73.3. The third kappa shape index (κ3) is 78.7. The van der Waals surface area contributed by atoms with E-state index in [0.717, 1.165) is 114 Å². The van der Waals surface area contributed by atoms with E-state index in [1.807, 2.05) is 0 Å². The van der Waals surface area contributed by atoms with Crippen molar-refractivity contribution in [2.45, 2.75) is 472 Å². The number of phosphoric ester groups is 2. The van der Waals surface area contributed by atoms with Gasteiger partial charge in [-0.25, -0.2) is 9.13 Å². The van der Waals surface area contributed by atoms with Gasteiger partial charge in [0.05, 0.1) is 26.4 Å². The number of hydrogen-bond donors (Lipinski definition) is 3. The van der Waals surface area contributed by atoms with Gasteiger partial charge in [0.25, 0.3) is 0 Å². The molecule has 0 bridgehead atoms. The second-order valence-electron chi connectivity index (χ2n) is 33.0. The number of aliphatic hydroxyl groups excluding tert-OH is 1. The highest BCUT2D eigenvalue weighted by atomic mass is 31.2. The molecule has 0 rings (SSSR count). The minimum absolute atomic E-state index is 0.107. The van der Waals surface area contributed by atoms with Crippen LogP contribution in [-0.4, -0.2) is 96.7 Å². The molecule has 0 amide bonds. The van der Waals surface area contributed by atoms with E-state index in [4.69, 9.17) is 37.0 Å². The lowest BCUT2D eigenvalue weighted by Crippen LogP contribution is -2.30. The summed E-state index contributed by atoms with van der Waals surface area (Å²) < 4.78 is 69.0. The molecule has 0 aliphatic carbocycles. The van der Waals surface area contributed by atoms with Crippen molar-refractivity contribution < 1.29 is 80.2 Å². The van der Waals surface area contributed by atoms with E-state index in [1.165, 1.54) is 257 Å². The number of phosphoric acid groups is 2. The van der Waals surface area contributed by atoms with Gasteiger partial charge in [0.2, 0.25) is 0 Å². The summed E-state index contributed by atoms with van der Waals surface area (Å²) >= 11 is 0. The van der Waals surface area contributed by atoms with Crippen LogP contribution in [0, 0.1) is 23.7 Å². The van der Waals surface area contributed by atoms with E-state index in [0.29, 0.717) is 25.7 Å². The SMILES string of the molecule is CCC(C)CCCCCCCCCCCCCCCCC(=O)OC[C@H](COP(=O)(O)OC[C@@H](O)COP(=O)(O)OC[C@@H](COC(=O)CCCCCCCCCCCC(C)C)OC(=O)CCCCCCCCCCCCCCCCC(C)C)OC(=O)CCCCCCCCCCCCCCCCCCC(C)C. The third-order valence-electron chi connectivity index (χ3n) is 20.7. The molecule has 0 radical (unpaired) electrons. The average molecular weight is 1550 g/mol. The van der Waals surface area contributed by atoms with Gasteiger partial charge in [-0.15, -0.1) is 0 Å². The zero-order valence-electron chi connectivity index (χ0n) is 70.1. The molecule has 0 aromatic carbocycles. The predicted molar refractivity (Wildman–Crippen MR) is 437 cm³/mol. The van der Waals surface area contributed by atoms with Crippen LogP contribution < -0.4 is 0 Å². The van der Waals surface area contributed by atoms with Crippen LogP contribution in [0.1, 0.15) is 453 Å². The molecule has 0 fully saturated rings. The molecule has 0 spiro atoms. The largest absolute Gasteiger partial charge is 0.472 e. The summed E-state index contributed by atoms with van der Waals surface area (Å²) in [6.45, 7) is 14.4. The Kier molecular flexibility index (Phi) is 74.3. The lowest BCUT2D eigenvalue weighted by atomic mass is 9.99. The van der Waals surface area contributed by atoms with Crippen molar-refractivity contribution in [1.29, 1.82) is 0 Å². The summed E-state index contributed by atoms with van der Waals surface area (Å²) in [5, 5.41) is 10.7. The maximum Gasteiger partial charge on any atom is 0.472 e. The molecule has 0 aromatic rings. The molecular weight excluding hydrogens is 1380 g/mol. The Bertz CT molecular complexity index is 2060. The number of esters is 4. The minimum atomic E-state index is -4.97. The van der Waals surface area contributed by atoms with E-state index in [2.05, 4.69) is 55.4 Å². The van der Waals surface area contributed by atoms with Crippen LogP contribution in [0.25, 0.3) is 0 Å². The second kappa shape index (κ2) is 75.7. The molecule has 3 N–H and O–H groups in total. The highest BCUT2D eigenvalue weighted by Gasteiger charge is 2.31. The fourth-order valence-corrected chi connectivity index (χ4v) is 15.0. The van der Waals surface area contributed by atoms with Crippen LogP contribution in [0.15, 0.2) is 0 Å². The van der Waals surface area contributed by atoms with Gasteiger partial charge in [0, 0.05) is 25.7 Å². The van der Waals surface area contributed by atoms with Crippen LogP contribution >= 0.6 is 15.6 Å². The molecule has 630 valence electrons. The Labute approximate surface area is 651 Å². The minimum Gasteiger partial charge on any atom is -0.462 e. The first-order chi connectivity index (χ1) is 51.1. The first-order valence-electron chi connectivity index (χ1n) is 44.7. The Balaban J connectivity index is 5.27. The summed E-state index contributed by atoms with van der Waals surface area (Å²) in [7, 11) is -9.93. The summed E-state index contributed by atoms with van der Waals surface area (Å²) in [5.41, 5.74) is 0.